The highest BCUT2D eigenvalue weighted by Gasteiger charge is 2.15. The summed E-state index contributed by atoms with van der Waals surface area (Å²) in [7, 11) is 0. The van der Waals surface area contributed by atoms with Gasteiger partial charge in [0, 0.05) is 23.0 Å². The summed E-state index contributed by atoms with van der Waals surface area (Å²) in [5.41, 5.74) is 4.60. The van der Waals surface area contributed by atoms with E-state index in [1.165, 1.54) is 0 Å². The minimum absolute atomic E-state index is 0.0972. The molecule has 0 saturated carbocycles. The van der Waals surface area contributed by atoms with Gasteiger partial charge in [-0.2, -0.15) is 0 Å². The molecular weight excluding hydrogens is 198 g/mol. The third-order valence-electron chi connectivity index (χ3n) is 2.78. The number of rotatable bonds is 2. The molecule has 2 nitrogen and oxygen atoms in total. The van der Waals surface area contributed by atoms with E-state index >= 15 is 0 Å². The average Bonchev–Trinajstić information content (AvgIpc) is 2.58. The quantitative estimate of drug-likeness (QED) is 0.763. The van der Waals surface area contributed by atoms with Crippen LogP contribution in [-0.2, 0) is 0 Å². The van der Waals surface area contributed by atoms with Crippen LogP contribution in [0.4, 0.5) is 0 Å². The SMILES string of the molecule is Cc1cccc(C(=O)c2c(C)c[nH]c2C)c1. The first kappa shape index (κ1) is 10.7. The van der Waals surface area contributed by atoms with E-state index in [9.17, 15) is 4.79 Å². The number of H-pyrrole nitrogens is 1. The van der Waals surface area contributed by atoms with E-state index in [0.717, 1.165) is 27.9 Å². The van der Waals surface area contributed by atoms with E-state index in [2.05, 4.69) is 4.98 Å². The molecule has 1 N–H and O–H groups in total. The lowest BCUT2D eigenvalue weighted by molar-refractivity contribution is 0.103. The fourth-order valence-electron chi connectivity index (χ4n) is 1.94. The van der Waals surface area contributed by atoms with Crippen LogP contribution in [0.1, 0.15) is 32.7 Å². The Kier molecular flexibility index (Phi) is 2.65. The van der Waals surface area contributed by atoms with Crippen LogP contribution in [0.3, 0.4) is 0 Å². The molecule has 1 heterocycles. The van der Waals surface area contributed by atoms with Crippen molar-refractivity contribution in [2.24, 2.45) is 0 Å². The number of benzene rings is 1. The first-order valence-corrected chi connectivity index (χ1v) is 5.35. The lowest BCUT2D eigenvalue weighted by Gasteiger charge is -2.03. The largest absolute Gasteiger partial charge is 0.364 e. The number of carbonyl (C=O) groups excluding carboxylic acids is 1. The van der Waals surface area contributed by atoms with Crippen molar-refractivity contribution in [1.82, 2.24) is 4.98 Å². The highest BCUT2D eigenvalue weighted by Crippen LogP contribution is 2.18. The summed E-state index contributed by atoms with van der Waals surface area (Å²) in [6.45, 7) is 5.87. The van der Waals surface area contributed by atoms with Gasteiger partial charge in [0.05, 0.1) is 0 Å². The van der Waals surface area contributed by atoms with Crippen LogP contribution in [0, 0.1) is 20.8 Å². The number of aromatic nitrogens is 1. The Labute approximate surface area is 95.3 Å². The van der Waals surface area contributed by atoms with E-state index in [1.54, 1.807) is 0 Å². The van der Waals surface area contributed by atoms with Crippen molar-refractivity contribution in [3.63, 3.8) is 0 Å². The lowest BCUT2D eigenvalue weighted by atomic mass is 9.99. The summed E-state index contributed by atoms with van der Waals surface area (Å²) < 4.78 is 0. The average molecular weight is 213 g/mol. The van der Waals surface area contributed by atoms with Gasteiger partial charge >= 0.3 is 0 Å². The summed E-state index contributed by atoms with van der Waals surface area (Å²) in [6, 6.07) is 7.70. The van der Waals surface area contributed by atoms with Crippen LogP contribution >= 0.6 is 0 Å². The Morgan fingerprint density at radius 2 is 1.94 bits per heavy atom. The highest BCUT2D eigenvalue weighted by molar-refractivity contribution is 6.10. The maximum atomic E-state index is 12.3. The molecule has 0 unspecified atom stereocenters. The summed E-state index contributed by atoms with van der Waals surface area (Å²) >= 11 is 0. The van der Waals surface area contributed by atoms with Gasteiger partial charge in [-0.1, -0.05) is 23.8 Å². The van der Waals surface area contributed by atoms with Crippen molar-refractivity contribution in [2.75, 3.05) is 0 Å². The summed E-state index contributed by atoms with van der Waals surface area (Å²) in [4.78, 5) is 15.4. The highest BCUT2D eigenvalue weighted by atomic mass is 16.1. The molecule has 1 aromatic heterocycles. The predicted molar refractivity (Wildman–Crippen MR) is 64.9 cm³/mol. The van der Waals surface area contributed by atoms with Crippen LogP contribution in [0.2, 0.25) is 0 Å². The van der Waals surface area contributed by atoms with Gasteiger partial charge in [0.1, 0.15) is 0 Å². The van der Waals surface area contributed by atoms with Gasteiger partial charge < -0.3 is 4.98 Å². The number of hydrogen-bond donors (Lipinski definition) is 1. The van der Waals surface area contributed by atoms with E-state index in [4.69, 9.17) is 0 Å². The maximum absolute atomic E-state index is 12.3. The van der Waals surface area contributed by atoms with Gasteiger partial charge in [0.25, 0.3) is 0 Å². The number of carbonyl (C=O) groups is 1. The van der Waals surface area contributed by atoms with Gasteiger partial charge in [0.2, 0.25) is 0 Å². The normalized spacial score (nSPS) is 10.4. The molecule has 0 bridgehead atoms. The molecule has 0 aliphatic rings. The first-order valence-electron chi connectivity index (χ1n) is 5.35. The smallest absolute Gasteiger partial charge is 0.195 e. The Morgan fingerprint density at radius 3 is 2.50 bits per heavy atom. The minimum Gasteiger partial charge on any atom is -0.364 e. The van der Waals surface area contributed by atoms with Crippen LogP contribution < -0.4 is 0 Å². The zero-order chi connectivity index (χ0) is 11.7. The molecule has 0 spiro atoms. The van der Waals surface area contributed by atoms with Crippen molar-refractivity contribution >= 4 is 5.78 Å². The van der Waals surface area contributed by atoms with Crippen LogP contribution in [0.25, 0.3) is 0 Å². The second-order valence-corrected chi connectivity index (χ2v) is 4.17. The Morgan fingerprint density at radius 1 is 1.19 bits per heavy atom. The zero-order valence-corrected chi connectivity index (χ0v) is 9.79. The van der Waals surface area contributed by atoms with E-state index in [1.807, 2.05) is 51.2 Å². The fourth-order valence-corrected chi connectivity index (χ4v) is 1.94. The first-order chi connectivity index (χ1) is 7.59. The van der Waals surface area contributed by atoms with Crippen molar-refractivity contribution < 1.29 is 4.79 Å². The molecule has 2 rings (SSSR count). The molecule has 0 aliphatic carbocycles. The molecule has 0 fully saturated rings. The Bertz CT molecular complexity index is 518. The van der Waals surface area contributed by atoms with Crippen molar-refractivity contribution in [1.29, 1.82) is 0 Å². The second-order valence-electron chi connectivity index (χ2n) is 4.17. The van der Waals surface area contributed by atoms with Gasteiger partial charge in [-0.25, -0.2) is 0 Å². The molecule has 2 aromatic rings. The van der Waals surface area contributed by atoms with Crippen LogP contribution in [0.15, 0.2) is 30.5 Å². The molecule has 16 heavy (non-hydrogen) atoms. The summed E-state index contributed by atoms with van der Waals surface area (Å²) in [5, 5.41) is 0. The molecule has 1 aromatic carbocycles. The fraction of sp³-hybridized carbons (Fsp3) is 0.214. The van der Waals surface area contributed by atoms with Crippen molar-refractivity contribution in [3.8, 4) is 0 Å². The van der Waals surface area contributed by atoms with Crippen molar-refractivity contribution in [3.05, 3.63) is 58.4 Å². The molecule has 0 amide bonds. The Balaban J connectivity index is 2.47. The minimum atomic E-state index is 0.0972. The number of aryl methyl sites for hydroxylation is 3. The number of hydrogen-bond acceptors (Lipinski definition) is 1. The van der Waals surface area contributed by atoms with E-state index in [0.29, 0.717) is 0 Å². The third kappa shape index (κ3) is 1.78. The van der Waals surface area contributed by atoms with E-state index < -0.39 is 0 Å². The molecule has 0 atom stereocenters. The number of nitrogens with one attached hydrogen (secondary N) is 1. The van der Waals surface area contributed by atoms with Gasteiger partial charge in [-0.3, -0.25) is 4.79 Å². The molecular formula is C14H15NO. The third-order valence-corrected chi connectivity index (χ3v) is 2.78. The molecule has 0 radical (unpaired) electrons. The van der Waals surface area contributed by atoms with Gasteiger partial charge in [0.15, 0.2) is 5.78 Å². The number of ketones is 1. The second kappa shape index (κ2) is 3.97. The molecule has 0 saturated heterocycles. The van der Waals surface area contributed by atoms with Crippen molar-refractivity contribution in [2.45, 2.75) is 20.8 Å². The number of aromatic amines is 1. The van der Waals surface area contributed by atoms with E-state index in [-0.39, 0.29) is 5.78 Å². The maximum Gasteiger partial charge on any atom is 0.195 e. The zero-order valence-electron chi connectivity index (χ0n) is 9.79. The van der Waals surface area contributed by atoms with Crippen LogP contribution in [-0.4, -0.2) is 10.8 Å². The standard InChI is InChI=1S/C14H15NO/c1-9-5-4-6-12(7-9)14(16)13-10(2)8-15-11(13)3/h4-8,15H,1-3H3. The Hall–Kier alpha value is -1.83. The predicted octanol–water partition coefficient (Wildman–Crippen LogP) is 3.17. The lowest BCUT2D eigenvalue weighted by Crippen LogP contribution is -2.03. The molecule has 0 aliphatic heterocycles. The summed E-state index contributed by atoms with van der Waals surface area (Å²) in [5.74, 6) is 0.0972. The van der Waals surface area contributed by atoms with Gasteiger partial charge in [-0.15, -0.1) is 0 Å². The molecule has 82 valence electrons. The van der Waals surface area contributed by atoms with Crippen LogP contribution in [0.5, 0.6) is 0 Å². The topological polar surface area (TPSA) is 32.9 Å². The monoisotopic (exact) mass is 213 g/mol. The van der Waals surface area contributed by atoms with Gasteiger partial charge in [-0.05, 0) is 32.4 Å². The molecule has 2 heteroatoms. The summed E-state index contributed by atoms with van der Waals surface area (Å²) in [6.07, 6.45) is 1.87.